The first-order valence-electron chi connectivity index (χ1n) is 8.68. The van der Waals surface area contributed by atoms with Crippen LogP contribution in [0.5, 0.6) is 0 Å². The van der Waals surface area contributed by atoms with Crippen LogP contribution in [0.2, 0.25) is 0 Å². The van der Waals surface area contributed by atoms with Crippen molar-refractivity contribution in [2.24, 2.45) is 14.1 Å². The molecule has 0 aliphatic carbocycles. The zero-order valence-electron chi connectivity index (χ0n) is 15.5. The first-order valence-corrected chi connectivity index (χ1v) is 8.68. The molecule has 0 saturated carbocycles. The van der Waals surface area contributed by atoms with Gasteiger partial charge in [-0.15, -0.1) is 0 Å². The van der Waals surface area contributed by atoms with E-state index >= 15 is 0 Å². The maximum atomic E-state index is 12.1. The maximum Gasteiger partial charge on any atom is 0.330 e. The van der Waals surface area contributed by atoms with Gasteiger partial charge in [-0.05, 0) is 31.0 Å². The highest BCUT2D eigenvalue weighted by molar-refractivity contribution is 5.56. The third kappa shape index (κ3) is 3.39. The van der Waals surface area contributed by atoms with Gasteiger partial charge < -0.3 is 4.90 Å². The van der Waals surface area contributed by atoms with Gasteiger partial charge in [0.1, 0.15) is 0 Å². The lowest BCUT2D eigenvalue weighted by molar-refractivity contribution is 0.243. The van der Waals surface area contributed by atoms with Crippen LogP contribution in [0.3, 0.4) is 0 Å². The number of anilines is 1. The van der Waals surface area contributed by atoms with E-state index in [9.17, 15) is 9.59 Å². The fourth-order valence-electron chi connectivity index (χ4n) is 3.38. The normalized spacial score (nSPS) is 15.6. The molecule has 0 N–H and O–H groups in total. The second kappa shape index (κ2) is 6.88. The van der Waals surface area contributed by atoms with E-state index in [1.54, 1.807) is 17.7 Å². The lowest BCUT2D eigenvalue weighted by atomic mass is 10.1. The number of aromatic nitrogens is 2. The van der Waals surface area contributed by atoms with Crippen LogP contribution in [0.4, 0.5) is 5.69 Å². The van der Waals surface area contributed by atoms with E-state index in [-0.39, 0.29) is 11.2 Å². The summed E-state index contributed by atoms with van der Waals surface area (Å²) in [4.78, 5) is 28.7. The predicted octanol–water partition coefficient (Wildman–Crippen LogP) is 1.02. The van der Waals surface area contributed by atoms with Crippen molar-refractivity contribution in [3.63, 3.8) is 0 Å². The molecule has 0 atom stereocenters. The molecule has 6 heteroatoms. The Morgan fingerprint density at radius 3 is 2.32 bits per heavy atom. The van der Waals surface area contributed by atoms with Crippen LogP contribution in [-0.2, 0) is 20.6 Å². The second-order valence-corrected chi connectivity index (χ2v) is 6.86. The number of hydrogen-bond acceptors (Lipinski definition) is 4. The Morgan fingerprint density at radius 1 is 0.960 bits per heavy atom. The lowest BCUT2D eigenvalue weighted by Gasteiger charge is -2.37. The second-order valence-electron chi connectivity index (χ2n) is 6.86. The van der Waals surface area contributed by atoms with Crippen molar-refractivity contribution >= 4 is 5.69 Å². The summed E-state index contributed by atoms with van der Waals surface area (Å²) in [6.07, 6.45) is 0. The van der Waals surface area contributed by atoms with E-state index in [4.69, 9.17) is 0 Å². The minimum Gasteiger partial charge on any atom is -0.369 e. The van der Waals surface area contributed by atoms with Crippen LogP contribution in [0.25, 0.3) is 0 Å². The lowest BCUT2D eigenvalue weighted by Crippen LogP contribution is -2.47. The Bertz CT molecular complexity index is 889. The van der Waals surface area contributed by atoms with Crippen molar-refractivity contribution < 1.29 is 0 Å². The van der Waals surface area contributed by atoms with Crippen LogP contribution >= 0.6 is 0 Å². The molecule has 1 saturated heterocycles. The van der Waals surface area contributed by atoms with Crippen molar-refractivity contribution in [1.29, 1.82) is 0 Å². The van der Waals surface area contributed by atoms with E-state index < -0.39 is 0 Å². The minimum atomic E-state index is -0.267. The first-order chi connectivity index (χ1) is 11.9. The Balaban J connectivity index is 1.71. The van der Waals surface area contributed by atoms with Gasteiger partial charge in [-0.1, -0.05) is 12.1 Å². The number of benzene rings is 1. The van der Waals surface area contributed by atoms with Crippen LogP contribution in [0.15, 0.2) is 33.9 Å². The summed E-state index contributed by atoms with van der Waals surface area (Å²) < 4.78 is 2.71. The van der Waals surface area contributed by atoms with Crippen LogP contribution in [-0.4, -0.2) is 40.2 Å². The molecule has 134 valence electrons. The molecule has 0 unspecified atom stereocenters. The number of nitrogens with zero attached hydrogens (tertiary/aromatic N) is 4. The number of rotatable bonds is 3. The molecule has 1 aromatic carbocycles. The van der Waals surface area contributed by atoms with Crippen molar-refractivity contribution in [2.45, 2.75) is 20.4 Å². The molecular weight excluding hydrogens is 316 g/mol. The standard InChI is InChI=1S/C19H26N4O2/c1-14-6-5-7-17(15(14)2)23-10-8-22(9-11-23)13-16-12-18(24)21(4)19(25)20(16)3/h5-7,12H,8-11,13H2,1-4H3. The van der Waals surface area contributed by atoms with Gasteiger partial charge in [0.25, 0.3) is 5.56 Å². The quantitative estimate of drug-likeness (QED) is 0.836. The number of hydrogen-bond donors (Lipinski definition) is 0. The summed E-state index contributed by atoms with van der Waals surface area (Å²) in [6.45, 7) is 8.67. The summed E-state index contributed by atoms with van der Waals surface area (Å²) in [7, 11) is 3.24. The Labute approximate surface area is 147 Å². The molecule has 0 bridgehead atoms. The maximum absolute atomic E-state index is 12.1. The fourth-order valence-corrected chi connectivity index (χ4v) is 3.38. The fraction of sp³-hybridized carbons (Fsp3) is 0.474. The van der Waals surface area contributed by atoms with Gasteiger partial charge in [0, 0.05) is 64.3 Å². The number of aryl methyl sites for hydroxylation is 1. The molecule has 6 nitrogen and oxygen atoms in total. The van der Waals surface area contributed by atoms with Gasteiger partial charge in [0.2, 0.25) is 0 Å². The molecule has 3 rings (SSSR count). The molecule has 1 aliphatic heterocycles. The molecule has 2 heterocycles. The SMILES string of the molecule is Cc1cccc(N2CCN(Cc3cc(=O)n(C)c(=O)n3C)CC2)c1C. The topological polar surface area (TPSA) is 50.5 Å². The van der Waals surface area contributed by atoms with E-state index in [1.807, 2.05) is 0 Å². The third-order valence-corrected chi connectivity index (χ3v) is 5.30. The zero-order chi connectivity index (χ0) is 18.1. The number of piperazine rings is 1. The molecule has 0 amide bonds. The summed E-state index contributed by atoms with van der Waals surface area (Å²) in [5.74, 6) is 0. The van der Waals surface area contributed by atoms with Gasteiger partial charge in [0.05, 0.1) is 0 Å². The molecule has 1 aromatic heterocycles. The summed E-state index contributed by atoms with van der Waals surface area (Å²) in [6, 6.07) is 8.01. The largest absolute Gasteiger partial charge is 0.369 e. The summed E-state index contributed by atoms with van der Waals surface area (Å²) in [5.41, 5.74) is 4.22. The summed E-state index contributed by atoms with van der Waals surface area (Å²) in [5, 5.41) is 0. The van der Waals surface area contributed by atoms with Crippen LogP contribution in [0.1, 0.15) is 16.8 Å². The van der Waals surface area contributed by atoms with E-state index in [0.717, 1.165) is 36.4 Å². The Kier molecular flexibility index (Phi) is 4.81. The highest BCUT2D eigenvalue weighted by Gasteiger charge is 2.20. The monoisotopic (exact) mass is 342 g/mol. The average Bonchev–Trinajstić information content (AvgIpc) is 2.61. The van der Waals surface area contributed by atoms with Crippen LogP contribution in [0, 0.1) is 13.8 Å². The molecule has 2 aromatic rings. The molecule has 0 radical (unpaired) electrons. The predicted molar refractivity (Wildman–Crippen MR) is 100 cm³/mol. The zero-order valence-corrected chi connectivity index (χ0v) is 15.5. The molecule has 0 spiro atoms. The van der Waals surface area contributed by atoms with Crippen molar-refractivity contribution in [2.75, 3.05) is 31.1 Å². The molecule has 1 aliphatic rings. The van der Waals surface area contributed by atoms with Crippen molar-refractivity contribution in [3.05, 3.63) is 61.9 Å². The minimum absolute atomic E-state index is 0.243. The van der Waals surface area contributed by atoms with E-state index in [2.05, 4.69) is 41.8 Å². The highest BCUT2D eigenvalue weighted by Crippen LogP contribution is 2.24. The van der Waals surface area contributed by atoms with Gasteiger partial charge in [-0.3, -0.25) is 18.8 Å². The van der Waals surface area contributed by atoms with Crippen molar-refractivity contribution in [1.82, 2.24) is 14.0 Å². The van der Waals surface area contributed by atoms with Crippen LogP contribution < -0.4 is 16.1 Å². The van der Waals surface area contributed by atoms with Gasteiger partial charge in [-0.2, -0.15) is 0 Å². The molecular formula is C19H26N4O2. The van der Waals surface area contributed by atoms with Gasteiger partial charge in [-0.25, -0.2) is 4.79 Å². The molecule has 1 fully saturated rings. The van der Waals surface area contributed by atoms with E-state index in [1.165, 1.54) is 23.9 Å². The third-order valence-electron chi connectivity index (χ3n) is 5.30. The first kappa shape index (κ1) is 17.5. The Morgan fingerprint density at radius 2 is 1.64 bits per heavy atom. The van der Waals surface area contributed by atoms with E-state index in [0.29, 0.717) is 6.54 Å². The highest BCUT2D eigenvalue weighted by atomic mass is 16.2. The molecule has 25 heavy (non-hydrogen) atoms. The van der Waals surface area contributed by atoms with Crippen molar-refractivity contribution in [3.8, 4) is 0 Å². The average molecular weight is 342 g/mol. The smallest absolute Gasteiger partial charge is 0.330 e. The Hall–Kier alpha value is -2.34. The van der Waals surface area contributed by atoms with Gasteiger partial charge >= 0.3 is 5.69 Å². The summed E-state index contributed by atoms with van der Waals surface area (Å²) >= 11 is 0. The van der Waals surface area contributed by atoms with Gasteiger partial charge in [0.15, 0.2) is 0 Å².